The maximum atomic E-state index is 12.5. The molecule has 0 spiro atoms. The van der Waals surface area contributed by atoms with Crippen LogP contribution < -0.4 is 11.1 Å². The van der Waals surface area contributed by atoms with Crippen molar-refractivity contribution in [3.63, 3.8) is 0 Å². The fourth-order valence-electron chi connectivity index (χ4n) is 3.93. The number of hydrogen-bond acceptors (Lipinski definition) is 5. The second-order valence-corrected chi connectivity index (χ2v) is 7.46. The highest BCUT2D eigenvalue weighted by atomic mass is 16.2. The van der Waals surface area contributed by atoms with Gasteiger partial charge >= 0.3 is 0 Å². The number of piperazine rings is 1. The number of carbonyl (C=O) groups is 1. The molecule has 0 bridgehead atoms. The third-order valence-corrected chi connectivity index (χ3v) is 5.58. The maximum absolute atomic E-state index is 12.5. The molecule has 8 heteroatoms. The molecule has 1 amide bonds. The van der Waals surface area contributed by atoms with Crippen LogP contribution in [0.5, 0.6) is 0 Å². The molecule has 2 aromatic rings. The van der Waals surface area contributed by atoms with Crippen LogP contribution in [0.4, 0.5) is 0 Å². The second-order valence-electron chi connectivity index (χ2n) is 7.46. The fraction of sp³-hybridized carbons (Fsp3) is 0.500. The largest absolute Gasteiger partial charge is 0.336 e. The topological polar surface area (TPSA) is 91.3 Å². The first-order valence-corrected chi connectivity index (χ1v) is 9.90. The van der Waals surface area contributed by atoms with Gasteiger partial charge in [0.05, 0.1) is 12.2 Å². The zero-order chi connectivity index (χ0) is 19.5. The van der Waals surface area contributed by atoms with Gasteiger partial charge in [-0.1, -0.05) is 0 Å². The van der Waals surface area contributed by atoms with E-state index in [1.54, 1.807) is 21.7 Å². The first kappa shape index (κ1) is 18.6. The molecule has 1 aliphatic heterocycles. The summed E-state index contributed by atoms with van der Waals surface area (Å²) in [5, 5.41) is 4.57. The van der Waals surface area contributed by atoms with Crippen molar-refractivity contribution < 1.29 is 4.79 Å². The van der Waals surface area contributed by atoms with E-state index in [1.807, 2.05) is 0 Å². The number of aromatic amines is 1. The van der Waals surface area contributed by atoms with Gasteiger partial charge < -0.3 is 9.88 Å². The van der Waals surface area contributed by atoms with E-state index in [0.29, 0.717) is 25.2 Å². The Bertz CT molecular complexity index is 972. The maximum Gasteiger partial charge on any atom is 0.267 e. The second kappa shape index (κ2) is 8.10. The number of aromatic nitrogens is 3. The van der Waals surface area contributed by atoms with E-state index in [9.17, 15) is 14.4 Å². The van der Waals surface area contributed by atoms with E-state index < -0.39 is 0 Å². The SMILES string of the molecule is O=C(c1cc[nH]c(=O)c1)N1CCN(CCn2nc3c(cc2=O)CCCC3)CC1. The van der Waals surface area contributed by atoms with Crippen LogP contribution in [0.1, 0.15) is 34.5 Å². The number of amides is 1. The van der Waals surface area contributed by atoms with Gasteiger partial charge in [-0.3, -0.25) is 19.3 Å². The van der Waals surface area contributed by atoms with E-state index in [1.165, 1.54) is 12.3 Å². The van der Waals surface area contributed by atoms with Gasteiger partial charge in [0.25, 0.3) is 11.5 Å². The van der Waals surface area contributed by atoms with Crippen LogP contribution in [0.2, 0.25) is 0 Å². The lowest BCUT2D eigenvalue weighted by atomic mass is 9.97. The lowest BCUT2D eigenvalue weighted by Gasteiger charge is -2.34. The summed E-state index contributed by atoms with van der Waals surface area (Å²) in [6.45, 7) is 4.01. The van der Waals surface area contributed by atoms with Crippen LogP contribution in [0.25, 0.3) is 0 Å². The lowest BCUT2D eigenvalue weighted by molar-refractivity contribution is 0.0631. The van der Waals surface area contributed by atoms with Gasteiger partial charge in [0, 0.05) is 56.6 Å². The highest BCUT2D eigenvalue weighted by Gasteiger charge is 2.22. The molecule has 1 saturated heterocycles. The first-order chi connectivity index (χ1) is 13.6. The highest BCUT2D eigenvalue weighted by Crippen LogP contribution is 2.16. The van der Waals surface area contributed by atoms with Crippen molar-refractivity contribution in [2.45, 2.75) is 32.2 Å². The summed E-state index contributed by atoms with van der Waals surface area (Å²) in [4.78, 5) is 42.7. The van der Waals surface area contributed by atoms with Crippen LogP contribution in [0.15, 0.2) is 34.0 Å². The predicted molar refractivity (Wildman–Crippen MR) is 105 cm³/mol. The minimum Gasteiger partial charge on any atom is -0.336 e. The Kier molecular flexibility index (Phi) is 5.38. The Labute approximate surface area is 162 Å². The number of carbonyl (C=O) groups excluding carboxylic acids is 1. The Morgan fingerprint density at radius 3 is 2.61 bits per heavy atom. The summed E-state index contributed by atoms with van der Waals surface area (Å²) in [6, 6.07) is 4.72. The van der Waals surface area contributed by atoms with Gasteiger partial charge in [0.1, 0.15) is 0 Å². The van der Waals surface area contributed by atoms with Crippen molar-refractivity contribution in [1.82, 2.24) is 24.6 Å². The first-order valence-electron chi connectivity index (χ1n) is 9.90. The number of nitrogens with one attached hydrogen (secondary N) is 1. The number of fused-ring (bicyclic) bond motifs is 1. The number of nitrogens with zero attached hydrogens (tertiary/aromatic N) is 4. The molecular formula is C20H25N5O3. The minimum absolute atomic E-state index is 0.0243. The summed E-state index contributed by atoms with van der Waals surface area (Å²) >= 11 is 0. The zero-order valence-corrected chi connectivity index (χ0v) is 15.9. The van der Waals surface area contributed by atoms with E-state index in [0.717, 1.165) is 56.6 Å². The molecule has 0 atom stereocenters. The molecule has 0 aromatic carbocycles. The molecule has 2 aliphatic rings. The number of hydrogen-bond donors (Lipinski definition) is 1. The standard InChI is InChI=1S/C20H25N5O3/c26-18-13-16(5-6-21-18)20(28)24-10-7-23(8-11-24)9-12-25-19(27)14-15-3-1-2-4-17(15)22-25/h5-6,13-14H,1-4,7-12H2,(H,21,26). The molecule has 0 unspecified atom stereocenters. The van der Waals surface area contributed by atoms with Crippen molar-refractivity contribution in [2.75, 3.05) is 32.7 Å². The molecule has 1 fully saturated rings. The molecule has 28 heavy (non-hydrogen) atoms. The van der Waals surface area contributed by atoms with Gasteiger partial charge in [0.2, 0.25) is 5.56 Å². The van der Waals surface area contributed by atoms with Gasteiger partial charge in [0.15, 0.2) is 0 Å². The van der Waals surface area contributed by atoms with Gasteiger partial charge in [-0.2, -0.15) is 5.10 Å². The van der Waals surface area contributed by atoms with Crippen LogP contribution in [-0.4, -0.2) is 63.2 Å². The van der Waals surface area contributed by atoms with Crippen molar-refractivity contribution in [3.05, 3.63) is 61.9 Å². The van der Waals surface area contributed by atoms with Gasteiger partial charge in [-0.15, -0.1) is 0 Å². The van der Waals surface area contributed by atoms with Crippen LogP contribution in [0, 0.1) is 0 Å². The number of rotatable bonds is 4. The summed E-state index contributed by atoms with van der Waals surface area (Å²) in [5.41, 5.74) is 2.30. The summed E-state index contributed by atoms with van der Waals surface area (Å²) in [5.74, 6) is -0.113. The molecule has 4 rings (SSSR count). The van der Waals surface area contributed by atoms with E-state index in [2.05, 4.69) is 15.0 Å². The van der Waals surface area contributed by atoms with Gasteiger partial charge in [-0.05, 0) is 37.3 Å². The number of H-pyrrole nitrogens is 1. The molecule has 0 radical (unpaired) electrons. The van der Waals surface area contributed by atoms with E-state index >= 15 is 0 Å². The molecule has 0 saturated carbocycles. The van der Waals surface area contributed by atoms with Gasteiger partial charge in [-0.25, -0.2) is 4.68 Å². The predicted octanol–water partition coefficient (Wildman–Crippen LogP) is 0.268. The quantitative estimate of drug-likeness (QED) is 0.818. The fourth-order valence-corrected chi connectivity index (χ4v) is 3.93. The number of aryl methyl sites for hydroxylation is 2. The molecule has 3 heterocycles. The van der Waals surface area contributed by atoms with E-state index in [-0.39, 0.29) is 17.0 Å². The van der Waals surface area contributed by atoms with E-state index in [4.69, 9.17) is 0 Å². The van der Waals surface area contributed by atoms with Crippen molar-refractivity contribution in [3.8, 4) is 0 Å². The summed E-state index contributed by atoms with van der Waals surface area (Å²) in [6.07, 6.45) is 5.69. The van der Waals surface area contributed by atoms with Crippen molar-refractivity contribution in [2.24, 2.45) is 0 Å². The van der Waals surface area contributed by atoms with Crippen LogP contribution >= 0.6 is 0 Å². The molecule has 8 nitrogen and oxygen atoms in total. The molecule has 1 aliphatic carbocycles. The lowest BCUT2D eigenvalue weighted by Crippen LogP contribution is -2.49. The number of pyridine rings is 1. The van der Waals surface area contributed by atoms with Crippen molar-refractivity contribution >= 4 is 5.91 Å². The normalized spacial score (nSPS) is 17.4. The highest BCUT2D eigenvalue weighted by molar-refractivity contribution is 5.94. The van der Waals surface area contributed by atoms with Crippen LogP contribution in [-0.2, 0) is 19.4 Å². The summed E-state index contributed by atoms with van der Waals surface area (Å²) < 4.78 is 1.58. The molecular weight excluding hydrogens is 358 g/mol. The third-order valence-electron chi connectivity index (χ3n) is 5.58. The smallest absolute Gasteiger partial charge is 0.267 e. The Balaban J connectivity index is 1.32. The Morgan fingerprint density at radius 2 is 1.82 bits per heavy atom. The Morgan fingerprint density at radius 1 is 1.04 bits per heavy atom. The average Bonchev–Trinajstić information content (AvgIpc) is 2.72. The Hall–Kier alpha value is -2.74. The van der Waals surface area contributed by atoms with Crippen LogP contribution in [0.3, 0.4) is 0 Å². The van der Waals surface area contributed by atoms with Crippen molar-refractivity contribution in [1.29, 1.82) is 0 Å². The minimum atomic E-state index is -0.271. The monoisotopic (exact) mass is 383 g/mol. The average molecular weight is 383 g/mol. The third kappa shape index (κ3) is 4.06. The summed E-state index contributed by atoms with van der Waals surface area (Å²) in [7, 11) is 0. The zero-order valence-electron chi connectivity index (χ0n) is 15.9. The molecule has 148 valence electrons. The molecule has 2 aromatic heterocycles. The molecule has 1 N–H and O–H groups in total.